The molecule has 1 aromatic heterocycles. The zero-order valence-electron chi connectivity index (χ0n) is 19.4. The van der Waals surface area contributed by atoms with Crippen molar-refractivity contribution in [1.82, 2.24) is 15.3 Å². The van der Waals surface area contributed by atoms with Crippen molar-refractivity contribution < 1.29 is 9.53 Å². The summed E-state index contributed by atoms with van der Waals surface area (Å²) < 4.78 is 5.79. The van der Waals surface area contributed by atoms with E-state index >= 15 is 0 Å². The number of nitrogens with two attached hydrogens (primary N) is 1. The summed E-state index contributed by atoms with van der Waals surface area (Å²) in [4.78, 5) is 22.9. The Bertz CT molecular complexity index is 1070. The zero-order chi connectivity index (χ0) is 23.0. The second-order valence-corrected chi connectivity index (χ2v) is 7.83. The van der Waals surface area contributed by atoms with Crippen molar-refractivity contribution in [3.63, 3.8) is 0 Å². The molecule has 3 aromatic rings. The maximum Gasteiger partial charge on any atom is 0.254 e. The number of hydrogen-bond acceptors (Lipinski definition) is 8. The van der Waals surface area contributed by atoms with Crippen LogP contribution in [0.5, 0.6) is 0 Å². The predicted molar refractivity (Wildman–Crippen MR) is 144 cm³/mol. The first-order valence-corrected chi connectivity index (χ1v) is 11.0. The van der Waals surface area contributed by atoms with Gasteiger partial charge in [-0.2, -0.15) is 4.98 Å². The summed E-state index contributed by atoms with van der Waals surface area (Å²) in [5.41, 5.74) is 8.80. The van der Waals surface area contributed by atoms with Crippen LogP contribution in [0.15, 0.2) is 60.8 Å². The maximum atomic E-state index is 11.8. The van der Waals surface area contributed by atoms with Crippen molar-refractivity contribution in [1.29, 1.82) is 0 Å². The van der Waals surface area contributed by atoms with Crippen molar-refractivity contribution in [2.75, 3.05) is 48.8 Å². The minimum Gasteiger partial charge on any atom is -0.373 e. The summed E-state index contributed by atoms with van der Waals surface area (Å²) in [5.74, 6) is 0.191. The number of hydrogen-bond donors (Lipinski definition) is 4. The van der Waals surface area contributed by atoms with Gasteiger partial charge in [0.1, 0.15) is 5.82 Å². The van der Waals surface area contributed by atoms with E-state index in [4.69, 9.17) is 10.5 Å². The van der Waals surface area contributed by atoms with E-state index in [1.165, 1.54) is 6.20 Å². The molecular weight excluding hydrogens is 489 g/mol. The lowest BCUT2D eigenvalue weighted by molar-refractivity contribution is 0.0422. The fraction of sp³-hybridized carbons (Fsp3) is 0.292. The van der Waals surface area contributed by atoms with Gasteiger partial charge in [-0.3, -0.25) is 4.79 Å². The predicted octanol–water partition coefficient (Wildman–Crippen LogP) is 3.20. The van der Waals surface area contributed by atoms with Crippen LogP contribution < -0.4 is 26.6 Å². The van der Waals surface area contributed by atoms with E-state index in [0.29, 0.717) is 24.9 Å². The topological polar surface area (TPSA) is 117 Å². The molecule has 11 heteroatoms. The number of aromatic nitrogens is 2. The van der Waals surface area contributed by atoms with Crippen molar-refractivity contribution in [3.05, 3.63) is 71.9 Å². The molecule has 1 amide bonds. The largest absolute Gasteiger partial charge is 0.373 e. The third-order valence-corrected chi connectivity index (χ3v) is 5.42. The van der Waals surface area contributed by atoms with Gasteiger partial charge in [-0.15, -0.1) is 24.8 Å². The number of ether oxygens (including phenoxy) is 1. The first kappa shape index (κ1) is 28.1. The first-order valence-electron chi connectivity index (χ1n) is 11.0. The van der Waals surface area contributed by atoms with Crippen LogP contribution in [0.4, 0.5) is 23.1 Å². The first-order chi connectivity index (χ1) is 16.1. The Labute approximate surface area is 217 Å². The van der Waals surface area contributed by atoms with Crippen LogP contribution in [0.1, 0.15) is 15.9 Å². The molecule has 1 aliphatic rings. The number of nitrogens with one attached hydrogen (secondary N) is 3. The quantitative estimate of drug-likeness (QED) is 0.340. The van der Waals surface area contributed by atoms with Gasteiger partial charge in [-0.05, 0) is 36.9 Å². The summed E-state index contributed by atoms with van der Waals surface area (Å²) in [6.45, 7) is 3.77. The molecule has 1 fully saturated rings. The highest BCUT2D eigenvalue weighted by molar-refractivity contribution is 5.97. The lowest BCUT2D eigenvalue weighted by Gasteiger charge is -2.34. The van der Waals surface area contributed by atoms with Crippen LogP contribution in [-0.2, 0) is 11.3 Å². The summed E-state index contributed by atoms with van der Waals surface area (Å²) in [5, 5.41) is 9.56. The number of anilines is 4. The Morgan fingerprint density at radius 2 is 1.89 bits per heavy atom. The molecule has 188 valence electrons. The molecule has 5 N–H and O–H groups in total. The number of nitrogens with zero attached hydrogens (tertiary/aromatic N) is 3. The zero-order valence-corrected chi connectivity index (χ0v) is 21.1. The average Bonchev–Trinajstić information content (AvgIpc) is 2.84. The van der Waals surface area contributed by atoms with Gasteiger partial charge < -0.3 is 31.3 Å². The van der Waals surface area contributed by atoms with Crippen LogP contribution in [0.3, 0.4) is 0 Å². The third kappa shape index (κ3) is 7.69. The fourth-order valence-electron chi connectivity index (χ4n) is 3.73. The van der Waals surface area contributed by atoms with Gasteiger partial charge in [0.05, 0.1) is 18.3 Å². The molecule has 0 bridgehead atoms. The number of rotatable bonds is 9. The Morgan fingerprint density at radius 3 is 2.57 bits per heavy atom. The molecule has 0 radical (unpaired) electrons. The number of halogens is 2. The molecular formula is C24H31Cl2N7O2. The number of benzene rings is 2. The molecule has 2 aromatic carbocycles. The van der Waals surface area contributed by atoms with Gasteiger partial charge in [0, 0.05) is 43.8 Å². The van der Waals surface area contributed by atoms with E-state index < -0.39 is 5.91 Å². The second kappa shape index (κ2) is 13.7. The van der Waals surface area contributed by atoms with E-state index in [1.54, 1.807) is 0 Å². The van der Waals surface area contributed by atoms with E-state index in [0.717, 1.165) is 36.6 Å². The molecule has 0 saturated carbocycles. The second-order valence-electron chi connectivity index (χ2n) is 7.83. The van der Waals surface area contributed by atoms with Crippen molar-refractivity contribution in [3.8, 4) is 0 Å². The Morgan fingerprint density at radius 1 is 1.14 bits per heavy atom. The number of carbonyl (C=O) groups is 1. The molecule has 0 aliphatic carbocycles. The van der Waals surface area contributed by atoms with Gasteiger partial charge in [0.25, 0.3) is 5.91 Å². The Balaban J connectivity index is 0.00000216. The summed E-state index contributed by atoms with van der Waals surface area (Å²) in [6.07, 6.45) is 1.62. The van der Waals surface area contributed by atoms with Gasteiger partial charge in [0.2, 0.25) is 5.95 Å². The van der Waals surface area contributed by atoms with Crippen LogP contribution in [-0.4, -0.2) is 55.3 Å². The smallest absolute Gasteiger partial charge is 0.254 e. The lowest BCUT2D eigenvalue weighted by atomic mass is 10.2. The SMILES string of the molecule is CNCC1CN(c2ccc(Nc3ncc(C(N)=O)c(NCc4ccccc4)n3)cc2)CCO1.Cl.Cl. The van der Waals surface area contributed by atoms with Gasteiger partial charge in [-0.1, -0.05) is 30.3 Å². The molecule has 1 unspecified atom stereocenters. The minimum atomic E-state index is -0.580. The highest BCUT2D eigenvalue weighted by atomic mass is 35.5. The number of amides is 1. The van der Waals surface area contributed by atoms with Gasteiger partial charge >= 0.3 is 0 Å². The Kier molecular flexibility index (Phi) is 11.0. The van der Waals surface area contributed by atoms with E-state index in [2.05, 4.69) is 43.0 Å². The average molecular weight is 520 g/mol. The molecule has 4 rings (SSSR count). The highest BCUT2D eigenvalue weighted by Crippen LogP contribution is 2.23. The third-order valence-electron chi connectivity index (χ3n) is 5.42. The van der Waals surface area contributed by atoms with Gasteiger partial charge in [0.15, 0.2) is 0 Å². The van der Waals surface area contributed by atoms with Gasteiger partial charge in [-0.25, -0.2) is 4.98 Å². The molecule has 1 aliphatic heterocycles. The van der Waals surface area contributed by atoms with Crippen molar-refractivity contribution in [2.24, 2.45) is 5.73 Å². The van der Waals surface area contributed by atoms with Crippen LogP contribution in [0, 0.1) is 0 Å². The fourth-order valence-corrected chi connectivity index (χ4v) is 3.73. The molecule has 9 nitrogen and oxygen atoms in total. The number of likely N-dealkylation sites (N-methyl/N-ethyl adjacent to an activating group) is 1. The van der Waals surface area contributed by atoms with Crippen molar-refractivity contribution >= 4 is 53.9 Å². The normalized spacial score (nSPS) is 14.9. The van der Waals surface area contributed by atoms with E-state index in [9.17, 15) is 4.79 Å². The minimum absolute atomic E-state index is 0. The summed E-state index contributed by atoms with van der Waals surface area (Å²) in [7, 11) is 1.93. The molecule has 2 heterocycles. The lowest BCUT2D eigenvalue weighted by Crippen LogP contribution is -2.46. The van der Waals surface area contributed by atoms with Crippen LogP contribution in [0.2, 0.25) is 0 Å². The van der Waals surface area contributed by atoms with E-state index in [1.807, 2.05) is 49.5 Å². The highest BCUT2D eigenvalue weighted by Gasteiger charge is 2.20. The number of carbonyl (C=O) groups excluding carboxylic acids is 1. The standard InChI is InChI=1S/C24H29N7O2.2ClH/c1-26-14-20-16-31(11-12-33-20)19-9-7-18(8-10-19)29-24-28-15-21(22(25)32)23(30-24)27-13-17-5-3-2-4-6-17;;/h2-10,15,20,26H,11-14,16H2,1H3,(H2,25,32)(H2,27,28,29,30);2*1H. The molecule has 0 spiro atoms. The number of morpholine rings is 1. The number of primary amides is 1. The maximum absolute atomic E-state index is 11.8. The molecule has 1 saturated heterocycles. The summed E-state index contributed by atoms with van der Waals surface area (Å²) in [6, 6.07) is 18.0. The van der Waals surface area contributed by atoms with Crippen LogP contribution in [0.25, 0.3) is 0 Å². The molecule has 35 heavy (non-hydrogen) atoms. The monoisotopic (exact) mass is 519 g/mol. The van der Waals surface area contributed by atoms with E-state index in [-0.39, 0.29) is 36.5 Å². The van der Waals surface area contributed by atoms with Crippen molar-refractivity contribution in [2.45, 2.75) is 12.6 Å². The van der Waals surface area contributed by atoms with Crippen LogP contribution >= 0.6 is 24.8 Å². The Hall–Kier alpha value is -3.11. The molecule has 1 atom stereocenters. The summed E-state index contributed by atoms with van der Waals surface area (Å²) >= 11 is 0.